The molecule has 0 aliphatic carbocycles. The van der Waals surface area contributed by atoms with Gasteiger partial charge in [0, 0.05) is 37.4 Å². The molecule has 0 aliphatic rings. The van der Waals surface area contributed by atoms with Crippen LogP contribution in [0.15, 0.2) is 85.6 Å². The molecule has 0 bridgehead atoms. The number of rotatable bonds is 11. The molecule has 0 saturated carbocycles. The van der Waals surface area contributed by atoms with Gasteiger partial charge in [-0.2, -0.15) is 13.2 Å². The summed E-state index contributed by atoms with van der Waals surface area (Å²) in [4.78, 5) is 29.3. The number of hydrogen-bond acceptors (Lipinski definition) is 2. The number of carbonyl (C=O) groups is 2. The molecular formula is C29H32F3N3O2. The minimum Gasteiger partial charge on any atom is -0.345 e. The second-order valence-corrected chi connectivity index (χ2v) is 9.22. The summed E-state index contributed by atoms with van der Waals surface area (Å²) >= 11 is 0. The number of hydrogen-bond donors (Lipinski definition) is 0. The topological polar surface area (TPSA) is 45.6 Å². The summed E-state index contributed by atoms with van der Waals surface area (Å²) in [5.74, 6) is -0.632. The Labute approximate surface area is 215 Å². The molecule has 0 atom stereocenters. The fourth-order valence-corrected chi connectivity index (χ4v) is 4.04. The van der Waals surface area contributed by atoms with Crippen LogP contribution in [0.4, 0.5) is 13.2 Å². The lowest BCUT2D eigenvalue weighted by Crippen LogP contribution is -2.44. The molecule has 0 N–H and O–H groups in total. The quantitative estimate of drug-likeness (QED) is 0.308. The lowest BCUT2D eigenvalue weighted by molar-refractivity contribution is -0.142. The predicted molar refractivity (Wildman–Crippen MR) is 137 cm³/mol. The number of benzene rings is 2. The normalized spacial score (nSPS) is 11.4. The summed E-state index contributed by atoms with van der Waals surface area (Å²) in [6.45, 7) is 8.22. The Morgan fingerprint density at radius 2 is 1.65 bits per heavy atom. The van der Waals surface area contributed by atoms with Crippen LogP contribution in [0, 0.1) is 5.92 Å². The Kier molecular flexibility index (Phi) is 9.33. The van der Waals surface area contributed by atoms with Gasteiger partial charge in [-0.25, -0.2) is 0 Å². The monoisotopic (exact) mass is 511 g/mol. The van der Waals surface area contributed by atoms with Crippen molar-refractivity contribution in [2.24, 2.45) is 5.92 Å². The van der Waals surface area contributed by atoms with Crippen molar-refractivity contribution in [2.75, 3.05) is 13.1 Å². The lowest BCUT2D eigenvalue weighted by atomic mass is 10.1. The minimum atomic E-state index is -4.42. The van der Waals surface area contributed by atoms with Crippen LogP contribution in [0.2, 0.25) is 0 Å². The fraction of sp³-hybridized carbons (Fsp3) is 0.310. The molecule has 0 saturated heterocycles. The van der Waals surface area contributed by atoms with Crippen LogP contribution in [0.1, 0.15) is 36.2 Å². The van der Waals surface area contributed by atoms with E-state index >= 15 is 0 Å². The highest BCUT2D eigenvalue weighted by Crippen LogP contribution is 2.29. The van der Waals surface area contributed by atoms with Crippen LogP contribution >= 0.6 is 0 Å². The molecule has 3 aromatic rings. The molecule has 3 rings (SSSR count). The zero-order valence-corrected chi connectivity index (χ0v) is 21.1. The van der Waals surface area contributed by atoms with Gasteiger partial charge >= 0.3 is 6.18 Å². The summed E-state index contributed by atoms with van der Waals surface area (Å²) in [6, 6.07) is 18.4. The maximum absolute atomic E-state index is 13.5. The first-order chi connectivity index (χ1) is 17.6. The van der Waals surface area contributed by atoms with E-state index in [1.807, 2.05) is 41.0 Å². The van der Waals surface area contributed by atoms with Gasteiger partial charge in [0.25, 0.3) is 0 Å². The molecular weight excluding hydrogens is 479 g/mol. The smallest absolute Gasteiger partial charge is 0.345 e. The van der Waals surface area contributed by atoms with E-state index in [0.717, 1.165) is 23.4 Å². The molecule has 196 valence electrons. The highest BCUT2D eigenvalue weighted by Gasteiger charge is 2.30. The molecule has 1 heterocycles. The number of aromatic nitrogens is 1. The van der Waals surface area contributed by atoms with E-state index in [1.54, 1.807) is 43.2 Å². The summed E-state index contributed by atoms with van der Waals surface area (Å²) < 4.78 is 41.4. The molecule has 2 aromatic carbocycles. The van der Waals surface area contributed by atoms with Crippen LogP contribution in [-0.2, 0) is 35.4 Å². The Morgan fingerprint density at radius 3 is 2.30 bits per heavy atom. The Hall–Kier alpha value is -3.81. The third kappa shape index (κ3) is 7.84. The van der Waals surface area contributed by atoms with Crippen molar-refractivity contribution in [3.63, 3.8) is 0 Å². The second-order valence-electron chi connectivity index (χ2n) is 9.22. The van der Waals surface area contributed by atoms with Crippen molar-refractivity contribution < 1.29 is 22.8 Å². The van der Waals surface area contributed by atoms with Crippen LogP contribution in [0.3, 0.4) is 0 Å². The summed E-state index contributed by atoms with van der Waals surface area (Å²) in [5, 5.41) is 0. The number of nitrogens with zero attached hydrogens (tertiary/aromatic N) is 3. The van der Waals surface area contributed by atoms with Crippen LogP contribution < -0.4 is 0 Å². The fourth-order valence-electron chi connectivity index (χ4n) is 4.04. The van der Waals surface area contributed by atoms with Gasteiger partial charge in [0.2, 0.25) is 11.8 Å². The van der Waals surface area contributed by atoms with Gasteiger partial charge in [-0.05, 0) is 35.4 Å². The third-order valence-electron chi connectivity index (χ3n) is 5.93. The number of carbonyl (C=O) groups excluding carboxylic acids is 2. The number of alkyl halides is 3. The van der Waals surface area contributed by atoms with Gasteiger partial charge in [-0.3, -0.25) is 9.59 Å². The van der Waals surface area contributed by atoms with Gasteiger partial charge in [0.1, 0.15) is 6.54 Å². The highest BCUT2D eigenvalue weighted by molar-refractivity contribution is 5.85. The zero-order chi connectivity index (χ0) is 27.0. The first kappa shape index (κ1) is 27.8. The van der Waals surface area contributed by atoms with E-state index in [2.05, 4.69) is 6.58 Å². The number of amides is 2. The molecule has 0 aliphatic heterocycles. The summed E-state index contributed by atoms with van der Waals surface area (Å²) in [5.41, 5.74) is 1.51. The van der Waals surface area contributed by atoms with Crippen LogP contribution in [-0.4, -0.2) is 39.3 Å². The second kappa shape index (κ2) is 12.4. The SMILES string of the molecule is C=CCN(CC(=O)N(Cc1ccccc1)Cc1cccn1Cc1cccc(C(F)(F)F)c1)C(=O)C(C)C. The predicted octanol–water partition coefficient (Wildman–Crippen LogP) is 5.75. The van der Waals surface area contributed by atoms with E-state index in [1.165, 1.54) is 11.0 Å². The maximum atomic E-state index is 13.5. The van der Waals surface area contributed by atoms with Crippen molar-refractivity contribution in [2.45, 2.75) is 39.7 Å². The number of halogens is 3. The van der Waals surface area contributed by atoms with Crippen LogP contribution in [0.25, 0.3) is 0 Å². The molecule has 8 heteroatoms. The van der Waals surface area contributed by atoms with Crippen LogP contribution in [0.5, 0.6) is 0 Å². The van der Waals surface area contributed by atoms with Gasteiger partial charge < -0.3 is 14.4 Å². The van der Waals surface area contributed by atoms with E-state index in [4.69, 9.17) is 0 Å². The largest absolute Gasteiger partial charge is 0.416 e. The molecule has 0 fully saturated rings. The lowest BCUT2D eigenvalue weighted by Gasteiger charge is -2.28. The third-order valence-corrected chi connectivity index (χ3v) is 5.93. The average Bonchev–Trinajstić information content (AvgIpc) is 3.29. The highest BCUT2D eigenvalue weighted by atomic mass is 19.4. The molecule has 0 spiro atoms. The van der Waals surface area contributed by atoms with Gasteiger partial charge in [-0.15, -0.1) is 6.58 Å². The van der Waals surface area contributed by atoms with Crippen molar-refractivity contribution in [1.29, 1.82) is 0 Å². The molecule has 37 heavy (non-hydrogen) atoms. The average molecular weight is 512 g/mol. The zero-order valence-electron chi connectivity index (χ0n) is 21.1. The Balaban J connectivity index is 1.84. The molecule has 0 radical (unpaired) electrons. The molecule has 0 unspecified atom stereocenters. The minimum absolute atomic E-state index is 0.0931. The first-order valence-electron chi connectivity index (χ1n) is 12.1. The summed E-state index contributed by atoms with van der Waals surface area (Å²) in [6.07, 6.45) is -1.04. The maximum Gasteiger partial charge on any atom is 0.416 e. The molecule has 5 nitrogen and oxygen atoms in total. The van der Waals surface area contributed by atoms with E-state index < -0.39 is 11.7 Å². The molecule has 1 aromatic heterocycles. The molecule has 2 amide bonds. The van der Waals surface area contributed by atoms with Crippen molar-refractivity contribution in [1.82, 2.24) is 14.4 Å². The Bertz CT molecular complexity index is 1200. The van der Waals surface area contributed by atoms with E-state index in [9.17, 15) is 22.8 Å². The van der Waals surface area contributed by atoms with E-state index in [0.29, 0.717) is 12.1 Å². The Morgan fingerprint density at radius 1 is 0.946 bits per heavy atom. The summed E-state index contributed by atoms with van der Waals surface area (Å²) in [7, 11) is 0. The standard InChI is InChI=1S/C29H32F3N3O2/c1-4-15-34(28(37)22(2)3)21-27(36)35(18-23-10-6-5-7-11-23)20-26-14-9-16-33(26)19-24-12-8-13-25(17-24)29(30,31)32/h4-14,16-17,22H,1,15,18-21H2,2-3H3. The van der Waals surface area contributed by atoms with Crippen molar-refractivity contribution in [3.05, 3.63) is 108 Å². The van der Waals surface area contributed by atoms with Gasteiger partial charge in [0.15, 0.2) is 0 Å². The first-order valence-corrected chi connectivity index (χ1v) is 12.1. The van der Waals surface area contributed by atoms with E-state index in [-0.39, 0.29) is 43.9 Å². The van der Waals surface area contributed by atoms with Gasteiger partial charge in [0.05, 0.1) is 12.1 Å². The van der Waals surface area contributed by atoms with Crippen molar-refractivity contribution in [3.8, 4) is 0 Å². The van der Waals surface area contributed by atoms with Gasteiger partial charge in [-0.1, -0.05) is 62.4 Å². The van der Waals surface area contributed by atoms with Crippen molar-refractivity contribution >= 4 is 11.8 Å².